The highest BCUT2D eigenvalue weighted by Crippen LogP contribution is 2.35. The number of amides is 13. The van der Waals surface area contributed by atoms with Crippen LogP contribution >= 0.6 is 0 Å². The zero-order chi connectivity index (χ0) is 94.5. The number of rotatable bonds is 28. The van der Waals surface area contributed by atoms with E-state index in [2.05, 4.69) is 57.8 Å². The van der Waals surface area contributed by atoms with Crippen LogP contribution in [-0.2, 0) is 104 Å². The molecule has 40 heteroatoms. The molecule has 7 aromatic rings. The van der Waals surface area contributed by atoms with Gasteiger partial charge in [-0.25, -0.2) is 14.0 Å². The van der Waals surface area contributed by atoms with Crippen molar-refractivity contribution in [3.8, 4) is 11.5 Å². The lowest BCUT2D eigenvalue weighted by atomic mass is 9.99. The smallest absolute Gasteiger partial charge is 0.490 e. The number of aromatic hydroxyl groups is 2. The molecule has 696 valence electrons. The van der Waals surface area contributed by atoms with E-state index >= 15 is 33.6 Å². The number of fused-ring (bicyclic) bond motifs is 2. The molecular weight excluding hydrogens is 1690 g/mol. The predicted molar refractivity (Wildman–Crippen MR) is 461 cm³/mol. The number of benzene rings is 5. The second-order valence-electron chi connectivity index (χ2n) is 32.1. The van der Waals surface area contributed by atoms with Crippen molar-refractivity contribution >= 4 is 111 Å². The zero-order valence-electron chi connectivity index (χ0n) is 72.2. The minimum Gasteiger partial charge on any atom is -0.508 e. The van der Waals surface area contributed by atoms with Gasteiger partial charge >= 0.3 is 18.1 Å². The fourth-order valence-electron chi connectivity index (χ4n) is 15.1. The number of carboxylic acid groups (broad SMARTS) is 2. The third-order valence-electron chi connectivity index (χ3n) is 22.5. The molecule has 129 heavy (non-hydrogen) atoms. The van der Waals surface area contributed by atoms with Gasteiger partial charge < -0.3 is 109 Å². The summed E-state index contributed by atoms with van der Waals surface area (Å²) in [5.41, 5.74) is 9.17. The van der Waals surface area contributed by atoms with Crippen LogP contribution in [0.15, 0.2) is 134 Å². The number of H-pyrrole nitrogens is 2. The first-order valence-corrected chi connectivity index (χ1v) is 42.2. The van der Waals surface area contributed by atoms with Crippen LogP contribution < -0.4 is 53.6 Å². The summed E-state index contributed by atoms with van der Waals surface area (Å²) in [6.45, 7) is 1.01. The van der Waals surface area contributed by atoms with E-state index in [1.54, 1.807) is 73.1 Å². The van der Waals surface area contributed by atoms with E-state index in [0.717, 1.165) is 44.2 Å². The topological polar surface area (TPSA) is 536 Å². The molecule has 1 saturated heterocycles. The summed E-state index contributed by atoms with van der Waals surface area (Å²) >= 11 is 0. The molecule has 36 nitrogen and oxygen atoms in total. The lowest BCUT2D eigenvalue weighted by molar-refractivity contribution is -0.192. The van der Waals surface area contributed by atoms with Crippen LogP contribution in [0.5, 0.6) is 11.5 Å². The molecule has 0 radical (unpaired) electrons. The fraction of sp³-hybridized carbons (Fsp3) is 0.449. The lowest BCUT2D eigenvalue weighted by Crippen LogP contribution is -2.62. The number of hydrogen-bond donors (Lipinski definition) is 17. The van der Waals surface area contributed by atoms with Gasteiger partial charge in [0.05, 0.1) is 6.61 Å². The van der Waals surface area contributed by atoms with Crippen LogP contribution in [0.3, 0.4) is 0 Å². The Bertz CT molecular complexity index is 5090. The summed E-state index contributed by atoms with van der Waals surface area (Å²) < 4.78 is 46.2. The van der Waals surface area contributed by atoms with Crippen molar-refractivity contribution in [3.05, 3.63) is 167 Å². The van der Waals surface area contributed by atoms with Gasteiger partial charge in [0.25, 0.3) is 0 Å². The number of aliphatic carboxylic acids is 2. The third kappa shape index (κ3) is 29.8. The molecule has 5 aromatic carbocycles. The van der Waals surface area contributed by atoms with Crippen LogP contribution in [0.4, 0.5) is 17.6 Å². The minimum atomic E-state index is -5.08. The molecule has 11 atom stereocenters. The van der Waals surface area contributed by atoms with Gasteiger partial charge in [-0.1, -0.05) is 72.8 Å². The highest BCUT2D eigenvalue weighted by atomic mass is 19.4. The van der Waals surface area contributed by atoms with Crippen molar-refractivity contribution in [3.63, 3.8) is 0 Å². The summed E-state index contributed by atoms with van der Waals surface area (Å²) in [7, 11) is 5.04. The number of nitrogens with zero attached hydrogens (tertiary/aromatic N) is 4. The SMILES string of the molecule is CC(=O)NCCCC[C@H]1C(=O)N[C@@H](Cc2c[nH]c3ccc(O)cc23)C(=O)N[C@@H](Cc2c[nH]c3ccccc23)C(=O)N[C@@H](C2CC2)C(=O)N(C)[C@H](C(=O)N(C)[C@@H](Cc2ccc(F)cc2)C(=O)N[C@@H](CCCCN)C(=O)O)CNC(=O)CCC[C@H](NC(C)=O)C(=O)N[C@@H](Cc2ccc(O)cc2)C(=O)N[C@@H](CO)C(=O)N(C)[C@@H](CCc2ccccc2)C(=O)N1C.O=C(O)C(F)(F)F. The Labute approximate surface area is 740 Å². The molecule has 0 bridgehead atoms. The molecule has 3 heterocycles. The number of nitrogens with two attached hydrogens (primary N) is 1. The van der Waals surface area contributed by atoms with Crippen molar-refractivity contribution in [1.82, 2.24) is 77.4 Å². The normalized spacial score (nSPS) is 20.7. The van der Waals surface area contributed by atoms with Gasteiger partial charge in [-0.2, -0.15) is 13.2 Å². The maximum absolute atomic E-state index is 15.9. The maximum atomic E-state index is 15.9. The van der Waals surface area contributed by atoms with Crippen LogP contribution in [0.25, 0.3) is 21.8 Å². The average Bonchev–Trinajstić information content (AvgIpc) is 1.75. The Morgan fingerprint density at radius 1 is 0.589 bits per heavy atom. The van der Waals surface area contributed by atoms with Crippen LogP contribution in [0, 0.1) is 11.7 Å². The van der Waals surface area contributed by atoms with Gasteiger partial charge in [-0.15, -0.1) is 0 Å². The second kappa shape index (κ2) is 47.9. The predicted octanol–water partition coefficient (Wildman–Crippen LogP) is 2.68. The first-order valence-electron chi connectivity index (χ1n) is 42.2. The maximum Gasteiger partial charge on any atom is 0.490 e. The number of aliphatic hydroxyl groups excluding tert-OH is 1. The first-order chi connectivity index (χ1) is 61.3. The van der Waals surface area contributed by atoms with E-state index < -0.39 is 187 Å². The Kier molecular flexibility index (Phi) is 37.4. The number of carboxylic acids is 2. The van der Waals surface area contributed by atoms with Crippen molar-refractivity contribution in [1.29, 1.82) is 0 Å². The molecule has 0 unspecified atom stereocenters. The van der Waals surface area contributed by atoms with E-state index in [1.807, 2.05) is 0 Å². The number of aromatic nitrogens is 2. The summed E-state index contributed by atoms with van der Waals surface area (Å²) in [6.07, 6.45) is -2.51. The van der Waals surface area contributed by atoms with Crippen LogP contribution in [-0.4, -0.2) is 271 Å². The van der Waals surface area contributed by atoms with Crippen LogP contribution in [0.2, 0.25) is 0 Å². The standard InChI is InChI=1S/C87H111FN16O18.C2HF3O2/c1-50(106)90-40-15-13-23-71-81(115)98-68(44-57-47-92-64-37-36-60(109)45-62(57)64)79(113)97-69(43-56-46-91-63-20-11-10-19-61(56)63)80(114)100-76(55-30-31-55)86(120)104(6)74(85(119)103(5)73(42-54-25-32-58(88)33-26-54)82(116)95-66(87(121)122)21-12-14-39-89)48-93-75(110)24-16-22-65(94-51(2)107)77(111)96-67(41-53-27-34-59(108)35-28-53)78(112)99-70(49-105)83(117)102(4)72(84(118)101(71)3)38-29-52-17-8-7-9-18-52;3-2(4,5)1(6)7/h7-11,17-20,25-28,32-37,45-47,55,65-74,76,91-92,105,108-109H,12-16,21-24,29-31,38-44,48-49,89H2,1-6H3,(H,90,106)(H,93,110)(H,94,107)(H,95,116)(H,96,111)(H,97,113)(H,98,115)(H,99,112)(H,100,114)(H,121,122);(H,6,7)/t65-,66-,67-,68-,69-,70-,71-,72-,73-,74-,76-;/m0./s1. The van der Waals surface area contributed by atoms with Gasteiger partial charge in [-0.3, -0.25) is 62.3 Å². The van der Waals surface area contributed by atoms with Crippen LogP contribution in [0.1, 0.15) is 119 Å². The number of aromatic amines is 2. The second-order valence-corrected chi connectivity index (χ2v) is 32.1. The van der Waals surface area contributed by atoms with Crippen molar-refractivity contribution in [2.24, 2.45) is 11.7 Å². The molecule has 9 rings (SSSR count). The van der Waals surface area contributed by atoms with Gasteiger partial charge in [-0.05, 0) is 166 Å². The van der Waals surface area contributed by atoms with Gasteiger partial charge in [0.2, 0.25) is 76.8 Å². The number of unbranched alkanes of at least 4 members (excludes halogenated alkanes) is 2. The average molecular weight is 1800 g/mol. The molecule has 2 aromatic heterocycles. The van der Waals surface area contributed by atoms with E-state index in [9.17, 15) is 71.5 Å². The Balaban J connectivity index is 0.00000281. The largest absolute Gasteiger partial charge is 0.508 e. The number of halogens is 4. The van der Waals surface area contributed by atoms with E-state index in [1.165, 1.54) is 83.6 Å². The molecule has 2 aliphatic rings. The monoisotopic (exact) mass is 1800 g/mol. The van der Waals surface area contributed by atoms with Gasteiger partial charge in [0, 0.05) is 121 Å². The number of carbonyl (C=O) groups excluding carboxylic acids is 13. The van der Waals surface area contributed by atoms with Crippen molar-refractivity contribution in [2.45, 2.75) is 196 Å². The minimum absolute atomic E-state index is 0.0654. The Morgan fingerprint density at radius 3 is 1.76 bits per heavy atom. The number of hydrogen-bond acceptors (Lipinski definition) is 19. The zero-order valence-corrected chi connectivity index (χ0v) is 72.2. The number of phenolic OH excluding ortho intramolecular Hbond substituents is 2. The van der Waals surface area contributed by atoms with E-state index in [4.69, 9.17) is 15.6 Å². The number of alkyl halides is 3. The number of aryl methyl sites for hydroxylation is 1. The summed E-state index contributed by atoms with van der Waals surface area (Å²) in [6, 6.07) is 13.3. The number of nitrogens with one attached hydrogen (secondary N) is 11. The van der Waals surface area contributed by atoms with E-state index in [0.29, 0.717) is 63.3 Å². The van der Waals surface area contributed by atoms with Crippen molar-refractivity contribution in [2.75, 3.05) is 54.4 Å². The summed E-state index contributed by atoms with van der Waals surface area (Å²) in [5, 5.41) is 75.1. The number of phenols is 2. The molecule has 1 aliphatic carbocycles. The highest BCUT2D eigenvalue weighted by molar-refractivity contribution is 6.01. The molecule has 0 spiro atoms. The fourth-order valence-corrected chi connectivity index (χ4v) is 15.1. The molecule has 18 N–H and O–H groups in total. The quantitative estimate of drug-likeness (QED) is 0.0248. The molecule has 13 amide bonds. The first kappa shape index (κ1) is 101. The summed E-state index contributed by atoms with van der Waals surface area (Å²) in [5.74, 6) is -17.1. The van der Waals surface area contributed by atoms with Crippen molar-refractivity contribution < 1.29 is 115 Å². The Morgan fingerprint density at radius 2 is 1.16 bits per heavy atom. The highest BCUT2D eigenvalue weighted by Gasteiger charge is 2.46. The number of para-hydroxylation sites is 1. The van der Waals surface area contributed by atoms with Gasteiger partial charge in [0.15, 0.2) is 0 Å². The molecule has 2 fully saturated rings. The molecule has 1 saturated carbocycles. The molecule has 1 aliphatic heterocycles. The lowest BCUT2D eigenvalue weighted by Gasteiger charge is -2.36. The van der Waals surface area contributed by atoms with Gasteiger partial charge in [0.1, 0.15) is 83.8 Å². The third-order valence-corrected chi connectivity index (χ3v) is 22.5. The number of aliphatic hydroxyl groups is 1. The number of carbonyl (C=O) groups is 15. The summed E-state index contributed by atoms with van der Waals surface area (Å²) in [4.78, 5) is 226. The Hall–Kier alpha value is -13.5. The number of likely N-dealkylation sites (N-methyl/N-ethyl adjacent to an activating group) is 4. The van der Waals surface area contributed by atoms with E-state index in [-0.39, 0.29) is 114 Å². The molecular formula is C89H112F4N16O20.